The lowest BCUT2D eigenvalue weighted by Crippen LogP contribution is -2.46. The molecular weight excluding hydrogens is 300 g/mol. The summed E-state index contributed by atoms with van der Waals surface area (Å²) in [5.41, 5.74) is 1.54. The topological polar surface area (TPSA) is 61.0 Å². The number of amides is 1. The van der Waals surface area contributed by atoms with Crippen LogP contribution in [0.3, 0.4) is 0 Å². The number of rotatable bonds is 4. The van der Waals surface area contributed by atoms with Crippen LogP contribution in [0.25, 0.3) is 0 Å². The van der Waals surface area contributed by atoms with Crippen molar-refractivity contribution in [2.24, 2.45) is 0 Å². The fourth-order valence-corrected chi connectivity index (χ4v) is 2.77. The highest BCUT2D eigenvalue weighted by Gasteiger charge is 2.28. The Labute approximate surface area is 139 Å². The molecule has 0 spiro atoms. The van der Waals surface area contributed by atoms with Crippen LogP contribution in [0.15, 0.2) is 6.07 Å². The van der Waals surface area contributed by atoms with Crippen molar-refractivity contribution in [3.63, 3.8) is 0 Å². The monoisotopic (exact) mass is 328 g/mol. The van der Waals surface area contributed by atoms with Crippen molar-refractivity contribution in [3.8, 4) is 0 Å². The number of carbonyl (C=O) groups excluding carboxylic acids is 1. The van der Waals surface area contributed by atoms with Crippen LogP contribution in [0.5, 0.6) is 0 Å². The second-order valence-electron chi connectivity index (χ2n) is 6.90. The molecule has 0 unspecified atom stereocenters. The normalized spacial score (nSPS) is 16.2. The summed E-state index contributed by atoms with van der Waals surface area (Å²) in [5.74, 6) is 0.0653. The minimum Gasteiger partial charge on any atom is -0.334 e. The molecule has 1 aromatic rings. The van der Waals surface area contributed by atoms with Gasteiger partial charge in [-0.25, -0.2) is 0 Å². The second kappa shape index (κ2) is 7.97. The lowest BCUT2D eigenvalue weighted by molar-refractivity contribution is 0.0636. The number of piperidine rings is 1. The molecule has 2 N–H and O–H groups in total. The van der Waals surface area contributed by atoms with Crippen LogP contribution in [0.2, 0.25) is 0 Å². The molecular formula is C16H29ClN4O. The van der Waals surface area contributed by atoms with E-state index in [1.165, 1.54) is 0 Å². The summed E-state index contributed by atoms with van der Waals surface area (Å²) in [4.78, 5) is 14.8. The number of aromatic nitrogens is 2. The van der Waals surface area contributed by atoms with Gasteiger partial charge in [-0.2, -0.15) is 5.10 Å². The fraction of sp³-hybridized carbons (Fsp3) is 0.750. The van der Waals surface area contributed by atoms with Crippen molar-refractivity contribution in [1.29, 1.82) is 0 Å². The lowest BCUT2D eigenvalue weighted by atomic mass is 9.92. The predicted octanol–water partition coefficient (Wildman–Crippen LogP) is 2.73. The van der Waals surface area contributed by atoms with E-state index in [-0.39, 0.29) is 23.7 Å². The number of hydrogen-bond acceptors (Lipinski definition) is 3. The molecule has 1 aromatic heterocycles. The average Bonchev–Trinajstić information content (AvgIpc) is 2.95. The Morgan fingerprint density at radius 3 is 2.50 bits per heavy atom. The highest BCUT2D eigenvalue weighted by atomic mass is 35.5. The van der Waals surface area contributed by atoms with Crippen LogP contribution >= 0.6 is 12.4 Å². The molecule has 0 aromatic carbocycles. The molecule has 0 saturated carbocycles. The molecule has 0 atom stereocenters. The zero-order chi connectivity index (χ0) is 15.5. The second-order valence-corrected chi connectivity index (χ2v) is 6.90. The largest absolute Gasteiger partial charge is 0.334 e. The van der Waals surface area contributed by atoms with Crippen molar-refractivity contribution in [2.75, 3.05) is 19.6 Å². The molecule has 1 aliphatic heterocycles. The van der Waals surface area contributed by atoms with Crippen molar-refractivity contribution in [2.45, 2.75) is 58.4 Å². The first-order valence-electron chi connectivity index (χ1n) is 8.01. The Kier molecular flexibility index (Phi) is 6.88. The first-order valence-corrected chi connectivity index (χ1v) is 8.01. The van der Waals surface area contributed by atoms with Gasteiger partial charge in [0.1, 0.15) is 5.69 Å². The molecule has 1 aliphatic rings. The molecule has 22 heavy (non-hydrogen) atoms. The van der Waals surface area contributed by atoms with Crippen LogP contribution in [0.4, 0.5) is 0 Å². The molecule has 2 rings (SSSR count). The van der Waals surface area contributed by atoms with Crippen LogP contribution in [0, 0.1) is 0 Å². The summed E-state index contributed by atoms with van der Waals surface area (Å²) < 4.78 is 0. The number of carbonyl (C=O) groups is 1. The SMILES string of the molecule is CCCN(C(=O)c1cc(C(C)(C)C)[nH]n1)C1CCNCC1.Cl. The van der Waals surface area contributed by atoms with Crippen LogP contribution < -0.4 is 5.32 Å². The van der Waals surface area contributed by atoms with Gasteiger partial charge in [0.25, 0.3) is 5.91 Å². The van der Waals surface area contributed by atoms with Crippen LogP contribution in [0.1, 0.15) is 63.1 Å². The van der Waals surface area contributed by atoms with E-state index in [1.807, 2.05) is 11.0 Å². The quantitative estimate of drug-likeness (QED) is 0.893. The lowest BCUT2D eigenvalue weighted by Gasteiger charge is -2.34. The van der Waals surface area contributed by atoms with Gasteiger partial charge >= 0.3 is 0 Å². The number of nitrogens with one attached hydrogen (secondary N) is 2. The van der Waals surface area contributed by atoms with Crippen LogP contribution in [-0.2, 0) is 5.41 Å². The minimum atomic E-state index is -0.0180. The van der Waals surface area contributed by atoms with E-state index in [2.05, 4.69) is 43.2 Å². The third kappa shape index (κ3) is 4.46. The number of nitrogens with zero attached hydrogens (tertiary/aromatic N) is 2. The third-order valence-electron chi connectivity index (χ3n) is 4.08. The van der Waals surface area contributed by atoms with E-state index < -0.39 is 0 Å². The van der Waals surface area contributed by atoms with Crippen molar-refractivity contribution < 1.29 is 4.79 Å². The predicted molar refractivity (Wildman–Crippen MR) is 91.8 cm³/mol. The van der Waals surface area contributed by atoms with Crippen molar-refractivity contribution in [1.82, 2.24) is 20.4 Å². The van der Waals surface area contributed by atoms with E-state index in [4.69, 9.17) is 0 Å². The first-order chi connectivity index (χ1) is 9.93. The summed E-state index contributed by atoms with van der Waals surface area (Å²) in [6, 6.07) is 2.25. The van der Waals surface area contributed by atoms with E-state index in [9.17, 15) is 4.79 Å². The Morgan fingerprint density at radius 2 is 2.00 bits per heavy atom. The molecule has 6 heteroatoms. The summed E-state index contributed by atoms with van der Waals surface area (Å²) in [6.45, 7) is 11.3. The van der Waals surface area contributed by atoms with Crippen molar-refractivity contribution in [3.05, 3.63) is 17.5 Å². The average molecular weight is 329 g/mol. The van der Waals surface area contributed by atoms with Crippen molar-refractivity contribution >= 4 is 18.3 Å². The fourth-order valence-electron chi connectivity index (χ4n) is 2.77. The highest BCUT2D eigenvalue weighted by Crippen LogP contribution is 2.22. The van der Waals surface area contributed by atoms with Gasteiger partial charge in [-0.15, -0.1) is 12.4 Å². The molecule has 1 saturated heterocycles. The molecule has 1 fully saturated rings. The molecule has 2 heterocycles. The zero-order valence-corrected chi connectivity index (χ0v) is 14.9. The maximum atomic E-state index is 12.8. The Hall–Kier alpha value is -1.07. The molecule has 0 aliphatic carbocycles. The molecule has 5 nitrogen and oxygen atoms in total. The van der Waals surface area contributed by atoms with Gasteiger partial charge in [0.2, 0.25) is 0 Å². The van der Waals surface area contributed by atoms with Crippen LogP contribution in [-0.4, -0.2) is 46.7 Å². The summed E-state index contributed by atoms with van der Waals surface area (Å²) >= 11 is 0. The van der Waals surface area contributed by atoms with E-state index in [1.54, 1.807) is 0 Å². The van der Waals surface area contributed by atoms with Gasteiger partial charge in [0.15, 0.2) is 0 Å². The molecule has 1 amide bonds. The zero-order valence-electron chi connectivity index (χ0n) is 14.1. The summed E-state index contributed by atoms with van der Waals surface area (Å²) in [6.07, 6.45) is 3.04. The van der Waals surface area contributed by atoms with Gasteiger partial charge in [-0.1, -0.05) is 27.7 Å². The smallest absolute Gasteiger partial charge is 0.274 e. The molecule has 126 valence electrons. The number of H-pyrrole nitrogens is 1. The Balaban J connectivity index is 0.00000242. The third-order valence-corrected chi connectivity index (χ3v) is 4.08. The summed E-state index contributed by atoms with van der Waals surface area (Å²) in [7, 11) is 0. The van der Waals surface area contributed by atoms with E-state index in [0.717, 1.165) is 44.6 Å². The Morgan fingerprint density at radius 1 is 1.36 bits per heavy atom. The molecule has 0 bridgehead atoms. The maximum Gasteiger partial charge on any atom is 0.274 e. The maximum absolute atomic E-state index is 12.8. The summed E-state index contributed by atoms with van der Waals surface area (Å²) in [5, 5.41) is 10.6. The van der Waals surface area contributed by atoms with E-state index in [0.29, 0.717) is 11.7 Å². The Bertz CT molecular complexity index is 475. The highest BCUT2D eigenvalue weighted by molar-refractivity contribution is 5.92. The van der Waals surface area contributed by atoms with Gasteiger partial charge < -0.3 is 10.2 Å². The van der Waals surface area contributed by atoms with Gasteiger partial charge in [0, 0.05) is 23.7 Å². The number of aromatic amines is 1. The standard InChI is InChI=1S/C16H28N4O.ClH/c1-5-10-20(12-6-8-17-9-7-12)15(21)13-11-14(19-18-13)16(2,3)4;/h11-12,17H,5-10H2,1-4H3,(H,18,19);1H. The molecule has 0 radical (unpaired) electrons. The number of hydrogen-bond donors (Lipinski definition) is 2. The van der Waals surface area contributed by atoms with Gasteiger partial charge in [-0.05, 0) is 38.4 Å². The number of halogens is 1. The van der Waals surface area contributed by atoms with Gasteiger partial charge in [0.05, 0.1) is 0 Å². The first kappa shape index (κ1) is 19.0. The van der Waals surface area contributed by atoms with E-state index >= 15 is 0 Å². The minimum absolute atomic E-state index is 0. The van der Waals surface area contributed by atoms with Gasteiger partial charge in [-0.3, -0.25) is 9.89 Å².